The van der Waals surface area contributed by atoms with Crippen LogP contribution in [0.15, 0.2) is 18.2 Å². The molecule has 0 bridgehead atoms. The summed E-state index contributed by atoms with van der Waals surface area (Å²) in [6.07, 6.45) is 0. The number of aryl methyl sites for hydroxylation is 1. The number of rotatable bonds is 4. The van der Waals surface area contributed by atoms with Gasteiger partial charge >= 0.3 is 0 Å². The maximum absolute atomic E-state index is 12.4. The molecule has 0 amide bonds. The number of carbonyl (C=O) groups excluding carboxylic acids is 1. The molecule has 0 spiro atoms. The van der Waals surface area contributed by atoms with Crippen LogP contribution in [0.3, 0.4) is 0 Å². The predicted molar refractivity (Wildman–Crippen MR) is 75.6 cm³/mol. The largest absolute Gasteiger partial charge is 0.507 e. The minimum Gasteiger partial charge on any atom is -0.507 e. The molecule has 1 aromatic carbocycles. The summed E-state index contributed by atoms with van der Waals surface area (Å²) < 4.78 is 0. The van der Waals surface area contributed by atoms with Crippen LogP contribution in [0.1, 0.15) is 22.8 Å². The van der Waals surface area contributed by atoms with Crippen molar-refractivity contribution in [1.82, 2.24) is 10.2 Å². The third-order valence-corrected chi connectivity index (χ3v) is 3.61. The summed E-state index contributed by atoms with van der Waals surface area (Å²) in [5.41, 5.74) is 1.44. The van der Waals surface area contributed by atoms with Crippen LogP contribution < -0.4 is 5.32 Å². The molecule has 104 valence electrons. The minimum absolute atomic E-state index is 0.0275. The first-order chi connectivity index (χ1) is 9.08. The molecule has 1 atom stereocenters. The monoisotopic (exact) mass is 262 g/mol. The maximum atomic E-state index is 12.4. The number of benzene rings is 1. The van der Waals surface area contributed by atoms with Gasteiger partial charge in [0.1, 0.15) is 5.75 Å². The third kappa shape index (κ3) is 3.55. The first-order valence-electron chi connectivity index (χ1n) is 6.85. The van der Waals surface area contributed by atoms with E-state index in [0.29, 0.717) is 5.56 Å². The van der Waals surface area contributed by atoms with Crippen LogP contribution in [0.2, 0.25) is 0 Å². The van der Waals surface area contributed by atoms with Gasteiger partial charge in [-0.3, -0.25) is 4.79 Å². The molecule has 1 aliphatic heterocycles. The smallest absolute Gasteiger partial charge is 0.170 e. The summed E-state index contributed by atoms with van der Waals surface area (Å²) in [5, 5.41) is 13.1. The molecule has 1 fully saturated rings. The van der Waals surface area contributed by atoms with Gasteiger partial charge in [-0.2, -0.15) is 0 Å². The highest BCUT2D eigenvalue weighted by Crippen LogP contribution is 2.22. The van der Waals surface area contributed by atoms with Crippen molar-refractivity contribution >= 4 is 5.78 Å². The molecular weight excluding hydrogens is 240 g/mol. The molecule has 1 aliphatic rings. The Kier molecular flexibility index (Phi) is 4.56. The van der Waals surface area contributed by atoms with Crippen molar-refractivity contribution in [3.05, 3.63) is 29.3 Å². The predicted octanol–water partition coefficient (Wildman–Crippen LogP) is 1.42. The molecular formula is C15H22N2O2. The fourth-order valence-electron chi connectivity index (χ4n) is 2.48. The highest BCUT2D eigenvalue weighted by molar-refractivity contribution is 6.00. The summed E-state index contributed by atoms with van der Waals surface area (Å²) in [4.78, 5) is 14.7. The fourth-order valence-corrected chi connectivity index (χ4v) is 2.48. The van der Waals surface area contributed by atoms with Gasteiger partial charge in [-0.05, 0) is 19.1 Å². The van der Waals surface area contributed by atoms with Crippen molar-refractivity contribution < 1.29 is 9.90 Å². The number of Topliss-reactive ketones (excluding diaryl/α,β-unsaturated/α-hetero) is 1. The zero-order chi connectivity index (χ0) is 13.8. The Balaban J connectivity index is 2.03. The molecule has 0 radical (unpaired) electrons. The second-order valence-corrected chi connectivity index (χ2v) is 5.34. The van der Waals surface area contributed by atoms with E-state index in [2.05, 4.69) is 10.2 Å². The van der Waals surface area contributed by atoms with E-state index in [1.165, 1.54) is 0 Å². The number of ketones is 1. The third-order valence-electron chi connectivity index (χ3n) is 3.61. The van der Waals surface area contributed by atoms with Crippen molar-refractivity contribution in [3.8, 4) is 5.75 Å². The van der Waals surface area contributed by atoms with Gasteiger partial charge < -0.3 is 15.3 Å². The molecule has 2 rings (SSSR count). The van der Waals surface area contributed by atoms with Gasteiger partial charge in [0, 0.05) is 38.6 Å². The Labute approximate surface area is 114 Å². The lowest BCUT2D eigenvalue weighted by molar-refractivity contribution is 0.0884. The van der Waals surface area contributed by atoms with Crippen molar-refractivity contribution in [2.24, 2.45) is 5.92 Å². The number of nitrogens with zero attached hydrogens (tertiary/aromatic N) is 1. The molecule has 1 heterocycles. The van der Waals surface area contributed by atoms with Crippen molar-refractivity contribution in [2.75, 3.05) is 32.7 Å². The summed E-state index contributed by atoms with van der Waals surface area (Å²) in [7, 11) is 0. The van der Waals surface area contributed by atoms with Gasteiger partial charge in [-0.1, -0.05) is 18.6 Å². The van der Waals surface area contributed by atoms with Crippen LogP contribution in [0.4, 0.5) is 0 Å². The van der Waals surface area contributed by atoms with Gasteiger partial charge in [0.15, 0.2) is 5.78 Å². The fraction of sp³-hybridized carbons (Fsp3) is 0.533. The van der Waals surface area contributed by atoms with E-state index >= 15 is 0 Å². The lowest BCUT2D eigenvalue weighted by atomic mass is 9.96. The molecule has 4 heteroatoms. The Morgan fingerprint density at radius 2 is 2.11 bits per heavy atom. The van der Waals surface area contributed by atoms with Crippen LogP contribution in [0.5, 0.6) is 5.75 Å². The van der Waals surface area contributed by atoms with E-state index in [1.807, 2.05) is 19.9 Å². The van der Waals surface area contributed by atoms with E-state index in [9.17, 15) is 9.90 Å². The molecule has 1 unspecified atom stereocenters. The van der Waals surface area contributed by atoms with E-state index in [1.54, 1.807) is 12.1 Å². The van der Waals surface area contributed by atoms with Gasteiger partial charge in [-0.15, -0.1) is 0 Å². The van der Waals surface area contributed by atoms with Crippen molar-refractivity contribution in [1.29, 1.82) is 0 Å². The Morgan fingerprint density at radius 1 is 1.42 bits per heavy atom. The van der Waals surface area contributed by atoms with E-state index in [-0.39, 0.29) is 17.5 Å². The van der Waals surface area contributed by atoms with E-state index < -0.39 is 0 Å². The second-order valence-electron chi connectivity index (χ2n) is 5.34. The van der Waals surface area contributed by atoms with Crippen LogP contribution in [0, 0.1) is 12.8 Å². The molecule has 0 aliphatic carbocycles. The number of hydrogen-bond acceptors (Lipinski definition) is 4. The molecule has 2 N–H and O–H groups in total. The lowest BCUT2D eigenvalue weighted by Crippen LogP contribution is -2.45. The molecule has 1 aromatic rings. The van der Waals surface area contributed by atoms with Gasteiger partial charge in [0.25, 0.3) is 0 Å². The first-order valence-corrected chi connectivity index (χ1v) is 6.85. The molecule has 4 nitrogen and oxygen atoms in total. The number of aromatic hydroxyl groups is 1. The SMILES string of the molecule is Cc1ccc(O)c(C(=O)C(C)CN2CCNCC2)c1. The normalized spacial score (nSPS) is 18.2. The average Bonchev–Trinajstić information content (AvgIpc) is 2.42. The second kappa shape index (κ2) is 6.17. The zero-order valence-electron chi connectivity index (χ0n) is 11.6. The van der Waals surface area contributed by atoms with E-state index in [4.69, 9.17) is 0 Å². The Hall–Kier alpha value is -1.39. The maximum Gasteiger partial charge on any atom is 0.170 e. The molecule has 1 saturated heterocycles. The number of carbonyl (C=O) groups is 1. The molecule has 19 heavy (non-hydrogen) atoms. The summed E-state index contributed by atoms with van der Waals surface area (Å²) >= 11 is 0. The highest BCUT2D eigenvalue weighted by Gasteiger charge is 2.21. The Morgan fingerprint density at radius 3 is 2.79 bits per heavy atom. The van der Waals surface area contributed by atoms with E-state index in [0.717, 1.165) is 38.3 Å². The number of piperazine rings is 1. The first kappa shape index (κ1) is 14.0. The van der Waals surface area contributed by atoms with Crippen molar-refractivity contribution in [3.63, 3.8) is 0 Å². The standard InChI is InChI=1S/C15H22N2O2/c1-11-3-4-14(18)13(9-11)15(19)12(2)10-17-7-5-16-6-8-17/h3-4,9,12,16,18H,5-8,10H2,1-2H3. The lowest BCUT2D eigenvalue weighted by Gasteiger charge is -2.29. The van der Waals surface area contributed by atoms with Gasteiger partial charge in [-0.25, -0.2) is 0 Å². The van der Waals surface area contributed by atoms with Crippen molar-refractivity contribution in [2.45, 2.75) is 13.8 Å². The molecule has 0 saturated carbocycles. The number of nitrogens with one attached hydrogen (secondary N) is 1. The molecule has 0 aromatic heterocycles. The number of hydrogen-bond donors (Lipinski definition) is 2. The topological polar surface area (TPSA) is 52.6 Å². The highest BCUT2D eigenvalue weighted by atomic mass is 16.3. The van der Waals surface area contributed by atoms with Crippen LogP contribution in [0.25, 0.3) is 0 Å². The minimum atomic E-state index is -0.0919. The van der Waals surface area contributed by atoms with Gasteiger partial charge in [0.05, 0.1) is 5.56 Å². The average molecular weight is 262 g/mol. The number of phenolic OH excluding ortho intramolecular Hbond substituents is 1. The summed E-state index contributed by atoms with van der Waals surface area (Å²) in [5.74, 6) is 0.0216. The van der Waals surface area contributed by atoms with Crippen LogP contribution in [-0.4, -0.2) is 48.5 Å². The Bertz CT molecular complexity index is 453. The quantitative estimate of drug-likeness (QED) is 0.806. The zero-order valence-corrected chi connectivity index (χ0v) is 11.6. The van der Waals surface area contributed by atoms with Crippen LogP contribution >= 0.6 is 0 Å². The van der Waals surface area contributed by atoms with Gasteiger partial charge in [0.2, 0.25) is 0 Å². The number of phenols is 1. The van der Waals surface area contributed by atoms with Crippen LogP contribution in [-0.2, 0) is 0 Å². The summed E-state index contributed by atoms with van der Waals surface area (Å²) in [6.45, 7) is 8.55. The summed E-state index contributed by atoms with van der Waals surface area (Å²) in [6, 6.07) is 5.18.